The summed E-state index contributed by atoms with van der Waals surface area (Å²) < 4.78 is 28.4. The van der Waals surface area contributed by atoms with Crippen molar-refractivity contribution in [2.75, 3.05) is 26.2 Å². The van der Waals surface area contributed by atoms with Crippen LogP contribution in [-0.2, 0) is 21.4 Å². The summed E-state index contributed by atoms with van der Waals surface area (Å²) in [5.41, 5.74) is 0.266. The van der Waals surface area contributed by atoms with Crippen molar-refractivity contribution in [3.05, 3.63) is 69.2 Å². The van der Waals surface area contributed by atoms with Crippen LogP contribution < -0.4 is 5.56 Å². The summed E-state index contributed by atoms with van der Waals surface area (Å²) in [4.78, 5) is 30.9. The van der Waals surface area contributed by atoms with Crippen molar-refractivity contribution in [2.24, 2.45) is 0 Å². The minimum absolute atomic E-state index is 0.0502. The lowest BCUT2D eigenvalue weighted by Gasteiger charge is -2.34. The zero-order chi connectivity index (χ0) is 22.2. The number of halogens is 2. The molecule has 2 heterocycles. The molecule has 3 aromatic rings. The summed E-state index contributed by atoms with van der Waals surface area (Å²) in [7, 11) is -3.90. The standard InChI is InChI=1S/C20H18Cl2N4O4S/c21-15-5-3-6-16(22)19(15)31(29,30)26-10-8-24(9-11-26)18(27)12-25-13-23-17-7-2-1-4-14(17)20(25)28/h1-7,13H,8-12H2. The highest BCUT2D eigenvalue weighted by Crippen LogP contribution is 2.31. The maximum atomic E-state index is 13.0. The van der Waals surface area contributed by atoms with E-state index in [1.165, 1.54) is 32.2 Å². The molecule has 1 aromatic heterocycles. The van der Waals surface area contributed by atoms with Crippen molar-refractivity contribution in [2.45, 2.75) is 11.4 Å². The van der Waals surface area contributed by atoms with Crippen molar-refractivity contribution >= 4 is 50.0 Å². The van der Waals surface area contributed by atoms with Crippen LogP contribution in [0.4, 0.5) is 0 Å². The van der Waals surface area contributed by atoms with Gasteiger partial charge in [-0.3, -0.25) is 14.2 Å². The number of benzene rings is 2. The van der Waals surface area contributed by atoms with Crippen molar-refractivity contribution in [1.82, 2.24) is 18.8 Å². The summed E-state index contributed by atoms with van der Waals surface area (Å²) in [6.07, 6.45) is 1.35. The van der Waals surface area contributed by atoms with Gasteiger partial charge in [-0.05, 0) is 24.3 Å². The Kier molecular flexibility index (Phi) is 6.02. The van der Waals surface area contributed by atoms with Gasteiger partial charge in [0.05, 0.1) is 27.3 Å². The Bertz CT molecular complexity index is 1300. The first-order chi connectivity index (χ1) is 14.8. The van der Waals surface area contributed by atoms with E-state index in [1.807, 2.05) is 0 Å². The molecular weight excluding hydrogens is 463 g/mol. The zero-order valence-corrected chi connectivity index (χ0v) is 18.6. The van der Waals surface area contributed by atoms with Crippen LogP contribution in [0.25, 0.3) is 10.9 Å². The van der Waals surface area contributed by atoms with Crippen molar-refractivity contribution < 1.29 is 13.2 Å². The highest BCUT2D eigenvalue weighted by molar-refractivity contribution is 7.89. The molecule has 0 unspecified atom stereocenters. The highest BCUT2D eigenvalue weighted by atomic mass is 35.5. The molecule has 162 valence electrons. The Morgan fingerprint density at radius 2 is 1.61 bits per heavy atom. The van der Waals surface area contributed by atoms with Gasteiger partial charge >= 0.3 is 0 Å². The molecule has 1 amide bonds. The number of nitrogens with zero attached hydrogens (tertiary/aromatic N) is 4. The summed E-state index contributed by atoms with van der Waals surface area (Å²) in [6.45, 7) is 0.409. The van der Waals surface area contributed by atoms with E-state index in [0.29, 0.717) is 10.9 Å². The summed E-state index contributed by atoms with van der Waals surface area (Å²) >= 11 is 12.1. The first-order valence-electron chi connectivity index (χ1n) is 9.45. The third-order valence-corrected chi connectivity index (χ3v) is 8.00. The Morgan fingerprint density at radius 3 is 2.29 bits per heavy atom. The van der Waals surface area contributed by atoms with Crippen LogP contribution in [0.15, 0.2) is 58.5 Å². The van der Waals surface area contributed by atoms with Crippen LogP contribution in [0, 0.1) is 0 Å². The lowest BCUT2D eigenvalue weighted by Crippen LogP contribution is -2.51. The molecule has 0 saturated carbocycles. The zero-order valence-electron chi connectivity index (χ0n) is 16.2. The molecule has 8 nitrogen and oxygen atoms in total. The van der Waals surface area contributed by atoms with Gasteiger partial charge in [0.15, 0.2) is 0 Å². The van der Waals surface area contributed by atoms with Crippen LogP contribution in [0.1, 0.15) is 0 Å². The molecule has 0 aliphatic carbocycles. The van der Waals surface area contributed by atoms with Crippen molar-refractivity contribution in [1.29, 1.82) is 0 Å². The minimum Gasteiger partial charge on any atom is -0.338 e. The van der Waals surface area contributed by atoms with Gasteiger partial charge in [0.25, 0.3) is 5.56 Å². The second kappa shape index (κ2) is 8.58. The Labute approximate surface area is 188 Å². The molecule has 1 aliphatic rings. The Balaban J connectivity index is 1.46. The van der Waals surface area contributed by atoms with Crippen LogP contribution in [0.5, 0.6) is 0 Å². The van der Waals surface area contributed by atoms with Crippen LogP contribution >= 0.6 is 23.2 Å². The predicted octanol–water partition coefficient (Wildman–Crippen LogP) is 2.24. The van der Waals surface area contributed by atoms with Crippen molar-refractivity contribution in [3.63, 3.8) is 0 Å². The van der Waals surface area contributed by atoms with E-state index in [-0.39, 0.29) is 59.1 Å². The first kappa shape index (κ1) is 21.8. The third-order valence-electron chi connectivity index (χ3n) is 5.15. The van der Waals surface area contributed by atoms with E-state index in [4.69, 9.17) is 23.2 Å². The third kappa shape index (κ3) is 4.18. The highest BCUT2D eigenvalue weighted by Gasteiger charge is 2.33. The van der Waals surface area contributed by atoms with E-state index < -0.39 is 10.0 Å². The molecule has 1 aliphatic heterocycles. The van der Waals surface area contributed by atoms with E-state index in [1.54, 1.807) is 30.3 Å². The molecule has 1 fully saturated rings. The van der Waals surface area contributed by atoms with E-state index in [9.17, 15) is 18.0 Å². The Morgan fingerprint density at radius 1 is 0.968 bits per heavy atom. The lowest BCUT2D eigenvalue weighted by atomic mass is 10.2. The number of sulfonamides is 1. The number of carbonyl (C=O) groups is 1. The van der Waals surface area contributed by atoms with Gasteiger partial charge in [0.2, 0.25) is 15.9 Å². The predicted molar refractivity (Wildman–Crippen MR) is 118 cm³/mol. The van der Waals surface area contributed by atoms with Crippen LogP contribution in [0.2, 0.25) is 10.0 Å². The molecule has 2 aromatic carbocycles. The van der Waals surface area contributed by atoms with Gasteiger partial charge in [0, 0.05) is 26.2 Å². The number of amides is 1. The number of rotatable bonds is 4. The number of aromatic nitrogens is 2. The normalized spacial score (nSPS) is 15.4. The quantitative estimate of drug-likeness (QED) is 0.570. The fourth-order valence-corrected chi connectivity index (χ4v) is 6.01. The lowest BCUT2D eigenvalue weighted by molar-refractivity contribution is -0.133. The largest absolute Gasteiger partial charge is 0.338 e. The van der Waals surface area contributed by atoms with E-state index in [0.717, 1.165) is 0 Å². The molecule has 0 N–H and O–H groups in total. The number of carbonyl (C=O) groups excluding carboxylic acids is 1. The van der Waals surface area contributed by atoms with Gasteiger partial charge in [-0.2, -0.15) is 4.31 Å². The van der Waals surface area contributed by atoms with E-state index in [2.05, 4.69) is 4.98 Å². The average molecular weight is 481 g/mol. The first-order valence-corrected chi connectivity index (χ1v) is 11.6. The molecule has 31 heavy (non-hydrogen) atoms. The number of hydrogen-bond donors (Lipinski definition) is 0. The molecule has 0 radical (unpaired) electrons. The maximum absolute atomic E-state index is 13.0. The Hall–Kier alpha value is -2.46. The molecular formula is C20H18Cl2N4O4S. The molecule has 0 atom stereocenters. The van der Waals surface area contributed by atoms with Crippen molar-refractivity contribution in [3.8, 4) is 0 Å². The van der Waals surface area contributed by atoms with Gasteiger partial charge in [-0.15, -0.1) is 0 Å². The molecule has 11 heteroatoms. The summed E-state index contributed by atoms with van der Waals surface area (Å²) in [6, 6.07) is 11.4. The van der Waals surface area contributed by atoms with Crippen LogP contribution in [-0.4, -0.2) is 59.3 Å². The monoisotopic (exact) mass is 480 g/mol. The minimum atomic E-state index is -3.90. The fraction of sp³-hybridized carbons (Fsp3) is 0.250. The fourth-order valence-electron chi connectivity index (χ4n) is 3.50. The molecule has 0 spiro atoms. The second-order valence-corrected chi connectivity index (χ2v) is 9.72. The summed E-state index contributed by atoms with van der Waals surface area (Å²) in [5, 5.41) is 0.536. The number of fused-ring (bicyclic) bond motifs is 1. The van der Waals surface area contributed by atoms with Gasteiger partial charge < -0.3 is 4.90 Å². The van der Waals surface area contributed by atoms with Gasteiger partial charge in [0.1, 0.15) is 11.4 Å². The summed E-state index contributed by atoms with van der Waals surface area (Å²) in [5.74, 6) is -0.285. The SMILES string of the molecule is O=C(Cn1cnc2ccccc2c1=O)N1CCN(S(=O)(=O)c2c(Cl)cccc2Cl)CC1. The number of para-hydroxylation sites is 1. The molecule has 1 saturated heterocycles. The topological polar surface area (TPSA) is 92.6 Å². The number of piperazine rings is 1. The molecule has 0 bridgehead atoms. The average Bonchev–Trinajstić information content (AvgIpc) is 2.75. The molecule has 4 rings (SSSR count). The van der Waals surface area contributed by atoms with Gasteiger partial charge in [-0.1, -0.05) is 41.4 Å². The second-order valence-electron chi connectivity index (χ2n) is 7.03. The smallest absolute Gasteiger partial charge is 0.261 e. The number of hydrogen-bond acceptors (Lipinski definition) is 5. The van der Waals surface area contributed by atoms with Gasteiger partial charge in [-0.25, -0.2) is 13.4 Å². The maximum Gasteiger partial charge on any atom is 0.261 e. The van der Waals surface area contributed by atoms with E-state index >= 15 is 0 Å². The van der Waals surface area contributed by atoms with Crippen LogP contribution in [0.3, 0.4) is 0 Å².